The Morgan fingerprint density at radius 2 is 1.92 bits per heavy atom. The van der Waals surface area contributed by atoms with Crippen molar-refractivity contribution in [1.29, 1.82) is 0 Å². The van der Waals surface area contributed by atoms with Gasteiger partial charge >= 0.3 is 0 Å². The molecule has 4 aromatic rings. The zero-order chi connectivity index (χ0) is 25.5. The van der Waals surface area contributed by atoms with Crippen molar-refractivity contribution in [1.82, 2.24) is 25.1 Å². The van der Waals surface area contributed by atoms with Crippen molar-refractivity contribution in [2.24, 2.45) is 0 Å². The van der Waals surface area contributed by atoms with Crippen molar-refractivity contribution in [3.8, 4) is 5.88 Å². The van der Waals surface area contributed by atoms with E-state index in [1.165, 1.54) is 7.11 Å². The SMILES string of the molecule is CCOc1ccc(Cn2cc(C(=O)NCc3ccc4c(N)nccc4c3)c(NC(=O)COC)n2)cn1.Cl. The van der Waals surface area contributed by atoms with E-state index in [0.717, 1.165) is 21.9 Å². The molecule has 0 radical (unpaired) electrons. The number of anilines is 2. The molecule has 0 saturated heterocycles. The minimum absolute atomic E-state index is 0. The summed E-state index contributed by atoms with van der Waals surface area (Å²) in [4.78, 5) is 33.5. The normalized spacial score (nSPS) is 10.5. The maximum Gasteiger partial charge on any atom is 0.256 e. The van der Waals surface area contributed by atoms with E-state index in [9.17, 15) is 9.59 Å². The van der Waals surface area contributed by atoms with Crippen molar-refractivity contribution in [2.45, 2.75) is 20.0 Å². The molecule has 0 aliphatic rings. The van der Waals surface area contributed by atoms with Gasteiger partial charge in [0.2, 0.25) is 5.88 Å². The van der Waals surface area contributed by atoms with E-state index < -0.39 is 5.91 Å². The highest BCUT2D eigenvalue weighted by Gasteiger charge is 2.19. The fraction of sp³-hybridized carbons (Fsp3) is 0.240. The fourth-order valence-electron chi connectivity index (χ4n) is 3.62. The molecule has 0 unspecified atom stereocenters. The van der Waals surface area contributed by atoms with Crippen molar-refractivity contribution in [3.05, 3.63) is 71.7 Å². The minimum Gasteiger partial charge on any atom is -0.478 e. The molecule has 0 aliphatic heterocycles. The van der Waals surface area contributed by atoms with Crippen LogP contribution in [-0.2, 0) is 22.6 Å². The highest BCUT2D eigenvalue weighted by Crippen LogP contribution is 2.20. The molecule has 12 heteroatoms. The third-order valence-electron chi connectivity index (χ3n) is 5.29. The zero-order valence-corrected chi connectivity index (χ0v) is 21.2. The maximum atomic E-state index is 13.1. The molecule has 4 N–H and O–H groups in total. The second-order valence-electron chi connectivity index (χ2n) is 7.94. The van der Waals surface area contributed by atoms with E-state index >= 15 is 0 Å². The number of hydrogen-bond acceptors (Lipinski definition) is 8. The number of halogens is 1. The summed E-state index contributed by atoms with van der Waals surface area (Å²) in [7, 11) is 1.41. The maximum absolute atomic E-state index is 13.1. The average molecular weight is 526 g/mol. The molecule has 0 saturated carbocycles. The quantitative estimate of drug-likeness (QED) is 0.286. The molecule has 11 nitrogen and oxygen atoms in total. The Bertz CT molecular complexity index is 1380. The number of rotatable bonds is 10. The van der Waals surface area contributed by atoms with Crippen LogP contribution in [0.15, 0.2) is 55.0 Å². The van der Waals surface area contributed by atoms with E-state index in [0.29, 0.717) is 24.8 Å². The van der Waals surface area contributed by atoms with Crippen molar-refractivity contribution in [2.75, 3.05) is 31.4 Å². The number of hydrogen-bond donors (Lipinski definition) is 3. The zero-order valence-electron chi connectivity index (χ0n) is 20.4. The van der Waals surface area contributed by atoms with Gasteiger partial charge in [-0.3, -0.25) is 14.3 Å². The summed E-state index contributed by atoms with van der Waals surface area (Å²) in [6.45, 7) is 2.87. The minimum atomic E-state index is -0.416. The number of nitrogen functional groups attached to an aromatic ring is 1. The largest absolute Gasteiger partial charge is 0.478 e. The lowest BCUT2D eigenvalue weighted by Crippen LogP contribution is -2.25. The lowest BCUT2D eigenvalue weighted by Gasteiger charge is -2.08. The Labute approximate surface area is 219 Å². The van der Waals surface area contributed by atoms with Gasteiger partial charge in [-0.2, -0.15) is 5.10 Å². The van der Waals surface area contributed by atoms with Crippen molar-refractivity contribution in [3.63, 3.8) is 0 Å². The number of carbonyl (C=O) groups is 2. The van der Waals surface area contributed by atoms with Crippen LogP contribution in [0.3, 0.4) is 0 Å². The van der Waals surface area contributed by atoms with Gasteiger partial charge < -0.3 is 25.8 Å². The van der Waals surface area contributed by atoms with Gasteiger partial charge in [0.05, 0.1) is 13.2 Å². The van der Waals surface area contributed by atoms with Gasteiger partial charge in [-0.05, 0) is 35.6 Å². The molecule has 0 aliphatic carbocycles. The van der Waals surface area contributed by atoms with Crippen LogP contribution >= 0.6 is 12.4 Å². The summed E-state index contributed by atoms with van der Waals surface area (Å²) in [6, 6.07) is 11.2. The van der Waals surface area contributed by atoms with Gasteiger partial charge in [0.1, 0.15) is 18.0 Å². The van der Waals surface area contributed by atoms with Crippen LogP contribution in [0.2, 0.25) is 0 Å². The molecule has 0 spiro atoms. The molecule has 4 rings (SSSR count). The third kappa shape index (κ3) is 6.93. The molecule has 0 bridgehead atoms. The van der Waals surface area contributed by atoms with E-state index in [2.05, 4.69) is 25.7 Å². The summed E-state index contributed by atoms with van der Waals surface area (Å²) in [5, 5.41) is 11.7. The molecule has 194 valence electrons. The number of methoxy groups -OCH3 is 1. The first-order valence-corrected chi connectivity index (χ1v) is 11.3. The second-order valence-corrected chi connectivity index (χ2v) is 7.94. The lowest BCUT2D eigenvalue weighted by molar-refractivity contribution is -0.119. The summed E-state index contributed by atoms with van der Waals surface area (Å²) in [5.41, 5.74) is 7.89. The number of carbonyl (C=O) groups excluding carboxylic acids is 2. The molecular weight excluding hydrogens is 498 g/mol. The molecular formula is C25H28ClN7O4. The topological polar surface area (TPSA) is 146 Å². The highest BCUT2D eigenvalue weighted by molar-refractivity contribution is 6.02. The predicted molar refractivity (Wildman–Crippen MR) is 142 cm³/mol. The predicted octanol–water partition coefficient (Wildman–Crippen LogP) is 2.79. The number of amides is 2. The summed E-state index contributed by atoms with van der Waals surface area (Å²) >= 11 is 0. The number of fused-ring (bicyclic) bond motifs is 1. The van der Waals surface area contributed by atoms with Gasteiger partial charge in [-0.25, -0.2) is 9.97 Å². The summed E-state index contributed by atoms with van der Waals surface area (Å²) < 4.78 is 11.8. The van der Waals surface area contributed by atoms with Crippen LogP contribution < -0.4 is 21.1 Å². The Balaban J connectivity index is 0.00000380. The first-order valence-electron chi connectivity index (χ1n) is 11.3. The Kier molecular flexibility index (Phi) is 9.36. The van der Waals surface area contributed by atoms with Gasteiger partial charge in [0.15, 0.2) is 5.82 Å². The third-order valence-corrected chi connectivity index (χ3v) is 5.29. The van der Waals surface area contributed by atoms with Crippen molar-refractivity contribution < 1.29 is 19.1 Å². The number of aromatic nitrogens is 4. The molecule has 2 amide bonds. The number of pyridine rings is 2. The first-order chi connectivity index (χ1) is 17.5. The van der Waals surface area contributed by atoms with Gasteiger partial charge in [-0.1, -0.05) is 18.2 Å². The van der Waals surface area contributed by atoms with Crippen molar-refractivity contribution >= 4 is 46.6 Å². The van der Waals surface area contributed by atoms with Crippen LogP contribution in [0.25, 0.3) is 10.8 Å². The number of nitrogens with two attached hydrogens (primary N) is 1. The second kappa shape index (κ2) is 12.7. The van der Waals surface area contributed by atoms with Crippen LogP contribution in [0.5, 0.6) is 5.88 Å². The fourth-order valence-corrected chi connectivity index (χ4v) is 3.62. The van der Waals surface area contributed by atoms with Gasteiger partial charge in [-0.15, -0.1) is 12.4 Å². The molecule has 0 fully saturated rings. The molecule has 3 aromatic heterocycles. The summed E-state index contributed by atoms with van der Waals surface area (Å²) in [5.74, 6) is 0.329. The Hall–Kier alpha value is -4.22. The van der Waals surface area contributed by atoms with Crippen LogP contribution in [-0.4, -0.2) is 51.9 Å². The smallest absolute Gasteiger partial charge is 0.256 e. The Morgan fingerprint density at radius 3 is 2.65 bits per heavy atom. The number of nitrogens with zero attached hydrogens (tertiary/aromatic N) is 4. The summed E-state index contributed by atoms with van der Waals surface area (Å²) in [6.07, 6.45) is 4.90. The highest BCUT2D eigenvalue weighted by atomic mass is 35.5. The first kappa shape index (κ1) is 27.4. The van der Waals surface area contributed by atoms with Gasteiger partial charge in [0.25, 0.3) is 11.8 Å². The van der Waals surface area contributed by atoms with E-state index in [1.807, 2.05) is 37.3 Å². The molecule has 3 heterocycles. The molecule has 0 atom stereocenters. The molecule has 37 heavy (non-hydrogen) atoms. The number of benzene rings is 1. The standard InChI is InChI=1S/C25H27N7O4.ClH/c1-3-36-22-7-5-17(12-28-22)13-32-14-20(24(31-32)30-21(33)15-35-2)25(34)29-11-16-4-6-19-18(10-16)8-9-27-23(19)26;/h4-10,12,14H,3,11,13,15H2,1-2H3,(H2,26,27)(H,29,34)(H,30,31,33);1H. The van der Waals surface area contributed by atoms with Crippen LogP contribution in [0.1, 0.15) is 28.4 Å². The monoisotopic (exact) mass is 525 g/mol. The Morgan fingerprint density at radius 1 is 1.11 bits per heavy atom. The molecule has 1 aromatic carbocycles. The number of nitrogens with one attached hydrogen (secondary N) is 2. The van der Waals surface area contributed by atoms with Gasteiger partial charge in [0, 0.05) is 43.7 Å². The average Bonchev–Trinajstić information content (AvgIpc) is 3.26. The van der Waals surface area contributed by atoms with E-state index in [-0.39, 0.29) is 42.8 Å². The van der Waals surface area contributed by atoms with Crippen LogP contribution in [0, 0.1) is 0 Å². The van der Waals surface area contributed by atoms with E-state index in [4.69, 9.17) is 15.2 Å². The van der Waals surface area contributed by atoms with E-state index in [1.54, 1.807) is 29.3 Å². The van der Waals surface area contributed by atoms with Crippen LogP contribution in [0.4, 0.5) is 11.6 Å². The number of ether oxygens (including phenoxy) is 2. The lowest BCUT2D eigenvalue weighted by atomic mass is 10.1.